The first-order valence-electron chi connectivity index (χ1n) is 8.90. The normalized spacial score (nSPS) is 11.0. The number of fused-ring (bicyclic) bond motifs is 3. The van der Waals surface area contributed by atoms with Gasteiger partial charge in [-0.25, -0.2) is 4.79 Å². The van der Waals surface area contributed by atoms with Crippen molar-refractivity contribution in [3.8, 4) is 17.2 Å². The van der Waals surface area contributed by atoms with E-state index in [4.69, 9.17) is 18.6 Å². The predicted octanol–water partition coefficient (Wildman–Crippen LogP) is 4.85. The maximum atomic E-state index is 12.6. The smallest absolute Gasteiger partial charge is 0.347 e. The van der Waals surface area contributed by atoms with Gasteiger partial charge in [0, 0.05) is 22.9 Å². The summed E-state index contributed by atoms with van der Waals surface area (Å²) in [6.45, 7) is 2.40. The highest BCUT2D eigenvalue weighted by atomic mass is 16.5. The number of methoxy groups -OCH3 is 2. The molecule has 28 heavy (non-hydrogen) atoms. The predicted molar refractivity (Wildman–Crippen MR) is 109 cm³/mol. The molecule has 0 aliphatic rings. The van der Waals surface area contributed by atoms with Crippen LogP contribution in [0.25, 0.3) is 21.7 Å². The third kappa shape index (κ3) is 3.16. The van der Waals surface area contributed by atoms with Crippen molar-refractivity contribution < 1.29 is 18.6 Å². The standard InChI is InChI=1S/C23H20O5/c1-14-9-17(27-13-15-7-5-4-6-8-15)12-20-21(14)18-10-16(25-2)11-19(26-3)22(18)23(24)28-20/h4-12H,13H2,1-3H3. The Morgan fingerprint density at radius 3 is 2.39 bits per heavy atom. The molecule has 142 valence electrons. The van der Waals surface area contributed by atoms with Crippen LogP contribution in [0.15, 0.2) is 63.8 Å². The summed E-state index contributed by atoms with van der Waals surface area (Å²) in [5.41, 5.74) is 2.01. The van der Waals surface area contributed by atoms with Crippen molar-refractivity contribution >= 4 is 21.7 Å². The van der Waals surface area contributed by atoms with Gasteiger partial charge in [-0.15, -0.1) is 0 Å². The lowest BCUT2D eigenvalue weighted by Crippen LogP contribution is -2.04. The van der Waals surface area contributed by atoms with E-state index in [0.29, 0.717) is 34.8 Å². The van der Waals surface area contributed by atoms with Gasteiger partial charge >= 0.3 is 5.63 Å². The fourth-order valence-corrected chi connectivity index (χ4v) is 3.40. The number of hydrogen-bond acceptors (Lipinski definition) is 5. The van der Waals surface area contributed by atoms with Crippen molar-refractivity contribution in [1.29, 1.82) is 0 Å². The molecule has 4 aromatic rings. The van der Waals surface area contributed by atoms with Gasteiger partial charge in [0.2, 0.25) is 0 Å². The lowest BCUT2D eigenvalue weighted by Gasteiger charge is -2.13. The molecule has 0 radical (unpaired) electrons. The second-order valence-corrected chi connectivity index (χ2v) is 6.53. The molecule has 5 nitrogen and oxygen atoms in total. The minimum absolute atomic E-state index is 0.400. The molecule has 0 bridgehead atoms. The van der Waals surface area contributed by atoms with Gasteiger partial charge in [0.05, 0.1) is 14.2 Å². The Morgan fingerprint density at radius 1 is 0.893 bits per heavy atom. The van der Waals surface area contributed by atoms with Gasteiger partial charge < -0.3 is 18.6 Å². The molecule has 0 atom stereocenters. The van der Waals surface area contributed by atoms with E-state index in [2.05, 4.69) is 0 Å². The number of benzene rings is 3. The van der Waals surface area contributed by atoms with Gasteiger partial charge in [0.1, 0.15) is 34.8 Å². The summed E-state index contributed by atoms with van der Waals surface area (Å²) in [6.07, 6.45) is 0. The van der Waals surface area contributed by atoms with Gasteiger partial charge in [-0.2, -0.15) is 0 Å². The minimum Gasteiger partial charge on any atom is -0.497 e. The summed E-state index contributed by atoms with van der Waals surface area (Å²) < 4.78 is 22.3. The Morgan fingerprint density at radius 2 is 1.68 bits per heavy atom. The summed E-state index contributed by atoms with van der Waals surface area (Å²) in [5.74, 6) is 1.68. The quantitative estimate of drug-likeness (QED) is 0.368. The molecule has 0 fully saturated rings. The molecule has 3 aromatic carbocycles. The third-order valence-electron chi connectivity index (χ3n) is 4.73. The van der Waals surface area contributed by atoms with Crippen molar-refractivity contribution in [3.05, 3.63) is 76.1 Å². The van der Waals surface area contributed by atoms with E-state index in [1.165, 1.54) is 7.11 Å². The summed E-state index contributed by atoms with van der Waals surface area (Å²) >= 11 is 0. The molecule has 5 heteroatoms. The molecule has 0 spiro atoms. The second kappa shape index (κ2) is 7.27. The average Bonchev–Trinajstić information content (AvgIpc) is 2.71. The van der Waals surface area contributed by atoms with E-state index in [0.717, 1.165) is 21.9 Å². The minimum atomic E-state index is -0.457. The molecule has 0 unspecified atom stereocenters. The Labute approximate surface area is 162 Å². The fraction of sp³-hybridized carbons (Fsp3) is 0.174. The highest BCUT2D eigenvalue weighted by Crippen LogP contribution is 2.36. The Kier molecular flexibility index (Phi) is 4.65. The van der Waals surface area contributed by atoms with E-state index >= 15 is 0 Å². The molecule has 0 aliphatic heterocycles. The Hall–Kier alpha value is -3.47. The molecular weight excluding hydrogens is 356 g/mol. The summed E-state index contributed by atoms with van der Waals surface area (Å²) in [5, 5.41) is 1.96. The summed E-state index contributed by atoms with van der Waals surface area (Å²) in [4.78, 5) is 12.6. The van der Waals surface area contributed by atoms with Crippen LogP contribution in [0.2, 0.25) is 0 Å². The van der Waals surface area contributed by atoms with Crippen molar-refractivity contribution in [2.24, 2.45) is 0 Å². The third-order valence-corrected chi connectivity index (χ3v) is 4.73. The summed E-state index contributed by atoms with van der Waals surface area (Å²) in [6, 6.07) is 17.1. The SMILES string of the molecule is COc1cc(OC)c2c(=O)oc3cc(OCc4ccccc4)cc(C)c3c2c1. The van der Waals surface area contributed by atoms with Crippen molar-refractivity contribution in [2.45, 2.75) is 13.5 Å². The molecule has 0 amide bonds. The van der Waals surface area contributed by atoms with Crippen LogP contribution >= 0.6 is 0 Å². The highest BCUT2D eigenvalue weighted by molar-refractivity contribution is 6.08. The van der Waals surface area contributed by atoms with Crippen molar-refractivity contribution in [3.63, 3.8) is 0 Å². The largest absolute Gasteiger partial charge is 0.497 e. The van der Waals surface area contributed by atoms with Gasteiger partial charge in [0.25, 0.3) is 0 Å². The number of rotatable bonds is 5. The molecule has 0 N–H and O–H groups in total. The molecule has 0 aliphatic carbocycles. The maximum absolute atomic E-state index is 12.6. The zero-order valence-electron chi connectivity index (χ0n) is 15.9. The average molecular weight is 376 g/mol. The van der Waals surface area contributed by atoms with E-state index in [1.54, 1.807) is 19.2 Å². The molecule has 1 aromatic heterocycles. The zero-order valence-corrected chi connectivity index (χ0v) is 15.9. The monoisotopic (exact) mass is 376 g/mol. The molecule has 0 saturated heterocycles. The summed E-state index contributed by atoms with van der Waals surface area (Å²) in [7, 11) is 3.10. The molecular formula is C23H20O5. The first-order valence-corrected chi connectivity index (χ1v) is 8.90. The highest BCUT2D eigenvalue weighted by Gasteiger charge is 2.16. The van der Waals surface area contributed by atoms with E-state index in [9.17, 15) is 4.79 Å². The van der Waals surface area contributed by atoms with Gasteiger partial charge in [-0.05, 0) is 30.2 Å². The van der Waals surface area contributed by atoms with E-state index in [-0.39, 0.29) is 0 Å². The van der Waals surface area contributed by atoms with Gasteiger partial charge in [0.15, 0.2) is 0 Å². The van der Waals surface area contributed by atoms with Gasteiger partial charge in [-0.1, -0.05) is 30.3 Å². The van der Waals surface area contributed by atoms with Crippen LogP contribution in [-0.4, -0.2) is 14.2 Å². The van der Waals surface area contributed by atoms with Gasteiger partial charge in [-0.3, -0.25) is 0 Å². The van der Waals surface area contributed by atoms with Crippen molar-refractivity contribution in [1.82, 2.24) is 0 Å². The van der Waals surface area contributed by atoms with E-state index in [1.807, 2.05) is 49.4 Å². The van der Waals surface area contributed by atoms with Crippen LogP contribution in [-0.2, 0) is 6.61 Å². The molecule has 1 heterocycles. The topological polar surface area (TPSA) is 57.9 Å². The fourth-order valence-electron chi connectivity index (χ4n) is 3.40. The van der Waals surface area contributed by atoms with Crippen LogP contribution < -0.4 is 19.8 Å². The maximum Gasteiger partial charge on any atom is 0.347 e. The van der Waals surface area contributed by atoms with Crippen LogP contribution in [0.4, 0.5) is 0 Å². The van der Waals surface area contributed by atoms with Crippen LogP contribution in [0.5, 0.6) is 17.2 Å². The lowest BCUT2D eigenvalue weighted by atomic mass is 10.0. The lowest BCUT2D eigenvalue weighted by molar-refractivity contribution is 0.306. The van der Waals surface area contributed by atoms with Crippen LogP contribution in [0.3, 0.4) is 0 Å². The van der Waals surface area contributed by atoms with Crippen molar-refractivity contribution in [2.75, 3.05) is 14.2 Å². The first kappa shape index (κ1) is 17.9. The Bertz CT molecular complexity index is 1210. The number of hydrogen-bond donors (Lipinski definition) is 0. The zero-order chi connectivity index (χ0) is 19.7. The first-order chi connectivity index (χ1) is 13.6. The molecule has 4 rings (SSSR count). The van der Waals surface area contributed by atoms with Crippen LogP contribution in [0.1, 0.15) is 11.1 Å². The Balaban J connectivity index is 1.87. The second-order valence-electron chi connectivity index (χ2n) is 6.53. The number of ether oxygens (including phenoxy) is 3. The number of aryl methyl sites for hydroxylation is 1. The molecule has 0 saturated carbocycles. The van der Waals surface area contributed by atoms with E-state index < -0.39 is 5.63 Å². The van der Waals surface area contributed by atoms with Crippen LogP contribution in [0, 0.1) is 6.92 Å².